The number of hydrogen-bond donors (Lipinski definition) is 2. The molecule has 1 amide bonds. The van der Waals surface area contributed by atoms with Crippen molar-refractivity contribution in [1.82, 2.24) is 5.32 Å². The molecule has 1 heterocycles. The van der Waals surface area contributed by atoms with E-state index in [1.165, 1.54) is 17.6 Å². The van der Waals surface area contributed by atoms with Crippen LogP contribution in [0.4, 0.5) is 5.00 Å². The molecule has 1 rings (SSSR count). The van der Waals surface area contributed by atoms with Gasteiger partial charge in [0.2, 0.25) is 5.91 Å². The molecule has 0 unspecified atom stereocenters. The van der Waals surface area contributed by atoms with E-state index < -0.39 is 5.54 Å². The number of amides is 1. The molecule has 2 N–H and O–H groups in total. The number of anilines is 1. The minimum atomic E-state index is -0.444. The number of nitrogens with one attached hydrogen (secondary N) is 2. The predicted molar refractivity (Wildman–Crippen MR) is 90.5 cm³/mol. The van der Waals surface area contributed by atoms with Crippen molar-refractivity contribution in [2.24, 2.45) is 0 Å². The summed E-state index contributed by atoms with van der Waals surface area (Å²) in [5.41, 5.74) is 1.89. The van der Waals surface area contributed by atoms with Gasteiger partial charge in [-0.05, 0) is 45.2 Å². The largest absolute Gasteiger partial charge is 0.469 e. The molecule has 1 aromatic rings. The first-order valence-electron chi connectivity index (χ1n) is 7.40. The van der Waals surface area contributed by atoms with Crippen LogP contribution in [-0.4, -0.2) is 31.1 Å². The molecule has 0 radical (unpaired) electrons. The monoisotopic (exact) mass is 326 g/mol. The van der Waals surface area contributed by atoms with Crippen LogP contribution in [-0.2, 0) is 14.3 Å². The minimum absolute atomic E-state index is 0.103. The van der Waals surface area contributed by atoms with E-state index in [0.29, 0.717) is 0 Å². The lowest BCUT2D eigenvalue weighted by Crippen LogP contribution is -2.47. The first-order valence-corrected chi connectivity index (χ1v) is 8.22. The Hall–Kier alpha value is -1.40. The summed E-state index contributed by atoms with van der Waals surface area (Å²) in [5, 5.41) is 7.00. The number of carbonyl (C=O) groups is 2. The summed E-state index contributed by atoms with van der Waals surface area (Å²) in [4.78, 5) is 24.8. The summed E-state index contributed by atoms with van der Waals surface area (Å²) >= 11 is 1.59. The van der Waals surface area contributed by atoms with Gasteiger partial charge in [0, 0.05) is 10.4 Å². The van der Waals surface area contributed by atoms with Crippen LogP contribution < -0.4 is 10.6 Å². The van der Waals surface area contributed by atoms with E-state index in [1.54, 1.807) is 11.3 Å². The van der Waals surface area contributed by atoms with E-state index in [9.17, 15) is 9.59 Å². The second kappa shape index (κ2) is 7.74. The molecule has 0 aliphatic rings. The highest BCUT2D eigenvalue weighted by Gasteiger charge is 2.26. The summed E-state index contributed by atoms with van der Waals surface area (Å²) in [6.45, 7) is 10.2. The van der Waals surface area contributed by atoms with Gasteiger partial charge in [0.05, 0.1) is 25.1 Å². The summed E-state index contributed by atoms with van der Waals surface area (Å²) < 4.78 is 4.70. The molecular weight excluding hydrogens is 300 g/mol. The molecule has 6 heteroatoms. The number of methoxy groups -OCH3 is 1. The highest BCUT2D eigenvalue weighted by Crippen LogP contribution is 2.31. The fourth-order valence-corrected chi connectivity index (χ4v) is 3.11. The zero-order valence-electron chi connectivity index (χ0n) is 14.3. The predicted octanol–water partition coefficient (Wildman–Crippen LogP) is 2.93. The lowest BCUT2D eigenvalue weighted by molar-refractivity contribution is -0.142. The van der Waals surface area contributed by atoms with Crippen molar-refractivity contribution in [1.29, 1.82) is 0 Å². The van der Waals surface area contributed by atoms with Gasteiger partial charge in [0.1, 0.15) is 0 Å². The molecule has 0 saturated carbocycles. The molecule has 124 valence electrons. The average molecular weight is 326 g/mol. The van der Waals surface area contributed by atoms with Crippen LogP contribution in [0.15, 0.2) is 0 Å². The lowest BCUT2D eigenvalue weighted by Gasteiger charge is -2.28. The Balaban J connectivity index is 2.61. The van der Waals surface area contributed by atoms with Crippen LogP contribution in [0.25, 0.3) is 0 Å². The van der Waals surface area contributed by atoms with Gasteiger partial charge in [0.25, 0.3) is 0 Å². The fourth-order valence-electron chi connectivity index (χ4n) is 2.03. The highest BCUT2D eigenvalue weighted by molar-refractivity contribution is 7.16. The van der Waals surface area contributed by atoms with Crippen LogP contribution in [0.3, 0.4) is 0 Å². The van der Waals surface area contributed by atoms with Crippen molar-refractivity contribution in [2.45, 2.75) is 53.0 Å². The van der Waals surface area contributed by atoms with Crippen LogP contribution >= 0.6 is 11.3 Å². The third kappa shape index (κ3) is 4.81. The van der Waals surface area contributed by atoms with E-state index in [-0.39, 0.29) is 24.8 Å². The second-order valence-electron chi connectivity index (χ2n) is 5.81. The molecule has 0 aliphatic carbocycles. The van der Waals surface area contributed by atoms with Crippen molar-refractivity contribution < 1.29 is 14.3 Å². The summed E-state index contributed by atoms with van der Waals surface area (Å²) in [6, 6.07) is 0. The molecule has 1 atom stereocenters. The van der Waals surface area contributed by atoms with Crippen molar-refractivity contribution in [3.8, 4) is 0 Å². The zero-order chi connectivity index (χ0) is 16.9. The molecule has 1 aromatic heterocycles. The van der Waals surface area contributed by atoms with E-state index in [0.717, 1.165) is 17.0 Å². The van der Waals surface area contributed by atoms with Gasteiger partial charge in [-0.2, -0.15) is 0 Å². The first kappa shape index (κ1) is 18.6. The number of esters is 1. The first-order chi connectivity index (χ1) is 10.2. The van der Waals surface area contributed by atoms with E-state index in [4.69, 9.17) is 4.74 Å². The maximum atomic E-state index is 12.1. The Labute approximate surface area is 136 Å². The average Bonchev–Trinajstić information content (AvgIpc) is 2.72. The van der Waals surface area contributed by atoms with E-state index in [2.05, 4.69) is 17.6 Å². The van der Waals surface area contributed by atoms with Crippen molar-refractivity contribution in [3.05, 3.63) is 16.0 Å². The Morgan fingerprint density at radius 3 is 2.32 bits per heavy atom. The van der Waals surface area contributed by atoms with Gasteiger partial charge in [-0.1, -0.05) is 6.92 Å². The van der Waals surface area contributed by atoms with Crippen molar-refractivity contribution in [3.63, 3.8) is 0 Å². The molecule has 0 aromatic carbocycles. The topological polar surface area (TPSA) is 67.4 Å². The molecular formula is C16H26N2O3S. The number of aryl methyl sites for hydroxylation is 1. The third-order valence-electron chi connectivity index (χ3n) is 4.16. The summed E-state index contributed by atoms with van der Waals surface area (Å²) in [6.07, 6.45) is 0.967. The molecule has 22 heavy (non-hydrogen) atoms. The molecule has 0 fully saturated rings. The van der Waals surface area contributed by atoms with Gasteiger partial charge in [-0.25, -0.2) is 0 Å². The maximum absolute atomic E-state index is 12.1. The molecule has 0 spiro atoms. The standard InChI is InChI=1S/C16H26N2O3S/c1-7-16(5,8-14(20)21-6)17-9-13(19)18-15-11(3)10(2)12(4)22-15/h17H,7-9H2,1-6H3,(H,18,19)/t16-/m0/s1. The SMILES string of the molecule is CC[C@@](C)(CC(=O)OC)NCC(=O)Nc1sc(C)c(C)c1C. The number of rotatable bonds is 7. The smallest absolute Gasteiger partial charge is 0.307 e. The zero-order valence-corrected chi connectivity index (χ0v) is 15.1. The quantitative estimate of drug-likeness (QED) is 0.756. The van der Waals surface area contributed by atoms with E-state index in [1.807, 2.05) is 27.7 Å². The molecule has 5 nitrogen and oxygen atoms in total. The Kier molecular flexibility index (Phi) is 6.56. The summed E-state index contributed by atoms with van der Waals surface area (Å²) in [7, 11) is 1.37. The third-order valence-corrected chi connectivity index (χ3v) is 5.38. The Bertz CT molecular complexity index is 554. The van der Waals surface area contributed by atoms with Crippen LogP contribution in [0, 0.1) is 20.8 Å². The van der Waals surface area contributed by atoms with Crippen LogP contribution in [0.2, 0.25) is 0 Å². The number of ether oxygens (including phenoxy) is 1. The lowest BCUT2D eigenvalue weighted by atomic mass is 9.94. The number of hydrogen-bond acceptors (Lipinski definition) is 5. The molecule has 0 saturated heterocycles. The normalized spacial score (nSPS) is 13.5. The Morgan fingerprint density at radius 1 is 1.23 bits per heavy atom. The maximum Gasteiger partial charge on any atom is 0.307 e. The summed E-state index contributed by atoms with van der Waals surface area (Å²) in [5.74, 6) is -0.383. The van der Waals surface area contributed by atoms with Gasteiger partial charge >= 0.3 is 5.97 Å². The Morgan fingerprint density at radius 2 is 1.86 bits per heavy atom. The minimum Gasteiger partial charge on any atom is -0.469 e. The van der Waals surface area contributed by atoms with Gasteiger partial charge in [-0.3, -0.25) is 9.59 Å². The van der Waals surface area contributed by atoms with Gasteiger partial charge in [0.15, 0.2) is 0 Å². The number of thiophene rings is 1. The van der Waals surface area contributed by atoms with Crippen LogP contribution in [0.5, 0.6) is 0 Å². The van der Waals surface area contributed by atoms with Crippen LogP contribution in [0.1, 0.15) is 42.7 Å². The van der Waals surface area contributed by atoms with Gasteiger partial charge < -0.3 is 15.4 Å². The highest BCUT2D eigenvalue weighted by atomic mass is 32.1. The number of carbonyl (C=O) groups excluding carboxylic acids is 2. The van der Waals surface area contributed by atoms with Crippen molar-refractivity contribution >= 4 is 28.2 Å². The molecule has 0 aliphatic heterocycles. The van der Waals surface area contributed by atoms with Crippen molar-refractivity contribution in [2.75, 3.05) is 19.0 Å². The molecule has 0 bridgehead atoms. The fraction of sp³-hybridized carbons (Fsp3) is 0.625. The van der Waals surface area contributed by atoms with E-state index >= 15 is 0 Å². The second-order valence-corrected chi connectivity index (χ2v) is 7.03. The van der Waals surface area contributed by atoms with Gasteiger partial charge in [-0.15, -0.1) is 11.3 Å².